The molecule has 4 rings (SSSR count). The summed E-state index contributed by atoms with van der Waals surface area (Å²) in [5, 5.41) is 23.2. The molecule has 10 heteroatoms. The van der Waals surface area contributed by atoms with E-state index < -0.39 is 24.1 Å². The molecule has 3 N–H and O–H groups in total. The van der Waals surface area contributed by atoms with Gasteiger partial charge in [-0.1, -0.05) is 0 Å². The molecule has 0 radical (unpaired) electrons. The largest absolute Gasteiger partial charge is 0.496 e. The van der Waals surface area contributed by atoms with Gasteiger partial charge in [0.15, 0.2) is 0 Å². The number of rotatable bonds is 6. The van der Waals surface area contributed by atoms with E-state index in [-0.39, 0.29) is 24.7 Å². The molecule has 2 aromatic rings. The van der Waals surface area contributed by atoms with Gasteiger partial charge in [-0.2, -0.15) is 0 Å². The van der Waals surface area contributed by atoms with Crippen molar-refractivity contribution in [3.05, 3.63) is 46.7 Å². The second kappa shape index (κ2) is 8.79. The van der Waals surface area contributed by atoms with E-state index in [1.165, 1.54) is 30.5 Å². The number of methoxy groups -OCH3 is 1. The third-order valence-electron chi connectivity index (χ3n) is 5.93. The molecule has 0 spiro atoms. The summed E-state index contributed by atoms with van der Waals surface area (Å²) in [7, 11) is 3.11. The molecule has 2 aliphatic rings. The molecule has 1 aromatic heterocycles. The minimum absolute atomic E-state index is 0.124. The van der Waals surface area contributed by atoms with E-state index in [0.717, 1.165) is 0 Å². The van der Waals surface area contributed by atoms with Gasteiger partial charge >= 0.3 is 0 Å². The van der Waals surface area contributed by atoms with Crippen molar-refractivity contribution in [1.29, 1.82) is 0 Å². The van der Waals surface area contributed by atoms with E-state index in [2.05, 4.69) is 20.3 Å². The monoisotopic (exact) mass is 443 g/mol. The number of carbonyl (C=O) groups excluding carboxylic acids is 1. The van der Waals surface area contributed by atoms with Crippen molar-refractivity contribution in [3.63, 3.8) is 0 Å². The lowest BCUT2D eigenvalue weighted by Crippen LogP contribution is -2.36. The van der Waals surface area contributed by atoms with Gasteiger partial charge in [0.05, 0.1) is 43.2 Å². The minimum Gasteiger partial charge on any atom is -0.496 e. The van der Waals surface area contributed by atoms with Crippen molar-refractivity contribution < 1.29 is 24.1 Å². The predicted molar refractivity (Wildman–Crippen MR) is 115 cm³/mol. The number of nitrogens with zero attached hydrogens (tertiary/aromatic N) is 4. The summed E-state index contributed by atoms with van der Waals surface area (Å²) >= 11 is 0. The van der Waals surface area contributed by atoms with Crippen LogP contribution in [-0.2, 0) is 17.9 Å². The smallest absolute Gasteiger partial charge is 0.272 e. The first-order valence-corrected chi connectivity index (χ1v) is 10.4. The number of aryl methyl sites for hydroxylation is 1. The zero-order valence-electron chi connectivity index (χ0n) is 18.2. The summed E-state index contributed by atoms with van der Waals surface area (Å²) in [6.07, 6.45) is 0.702. The summed E-state index contributed by atoms with van der Waals surface area (Å²) in [6.45, 7) is 2.10. The first-order valence-electron chi connectivity index (χ1n) is 10.4. The molecule has 0 saturated heterocycles. The molecule has 170 valence electrons. The number of aromatic nitrogens is 2. The van der Waals surface area contributed by atoms with E-state index in [1.54, 1.807) is 14.0 Å². The highest BCUT2D eigenvalue weighted by Crippen LogP contribution is 2.30. The molecule has 0 unspecified atom stereocenters. The zero-order chi connectivity index (χ0) is 23.0. The Labute approximate surface area is 185 Å². The van der Waals surface area contributed by atoms with Crippen molar-refractivity contribution in [2.24, 2.45) is 4.99 Å². The SMILES string of the molecule is COc1c(C)cc(F)cc1CN(C)C(=O)C1=NCc2ncnc(N[C@@H]3CC[C@@H](O)[C@H]3O)c21. The molecule has 1 saturated carbocycles. The molecule has 1 aliphatic carbocycles. The fourth-order valence-electron chi connectivity index (χ4n) is 4.32. The van der Waals surface area contributed by atoms with Crippen LogP contribution in [0.4, 0.5) is 10.2 Å². The van der Waals surface area contributed by atoms with E-state index in [0.29, 0.717) is 46.8 Å². The van der Waals surface area contributed by atoms with Crippen LogP contribution in [0.3, 0.4) is 0 Å². The topological polar surface area (TPSA) is 120 Å². The Bertz CT molecular complexity index is 1080. The Balaban J connectivity index is 1.57. The Hall–Kier alpha value is -3.11. The minimum atomic E-state index is -0.926. The number of halogens is 1. The van der Waals surface area contributed by atoms with Gasteiger partial charge in [-0.25, -0.2) is 14.4 Å². The number of aliphatic hydroxyl groups is 2. The lowest BCUT2D eigenvalue weighted by molar-refractivity contribution is -0.123. The van der Waals surface area contributed by atoms with Crippen LogP contribution in [-0.4, -0.2) is 69.1 Å². The van der Waals surface area contributed by atoms with Gasteiger partial charge in [-0.3, -0.25) is 9.79 Å². The summed E-state index contributed by atoms with van der Waals surface area (Å²) in [5.74, 6) is 0.155. The van der Waals surface area contributed by atoms with Crippen molar-refractivity contribution >= 4 is 17.4 Å². The molecule has 9 nitrogen and oxygen atoms in total. The summed E-state index contributed by atoms with van der Waals surface area (Å²) in [5.41, 5.74) is 2.48. The van der Waals surface area contributed by atoms with E-state index in [9.17, 15) is 19.4 Å². The average molecular weight is 443 g/mol. The van der Waals surface area contributed by atoms with Gasteiger partial charge in [-0.05, 0) is 37.5 Å². The van der Waals surface area contributed by atoms with Crippen molar-refractivity contribution in [1.82, 2.24) is 14.9 Å². The number of carbonyl (C=O) groups is 1. The molecular formula is C22H26FN5O4. The van der Waals surface area contributed by atoms with E-state index >= 15 is 0 Å². The molecule has 1 aliphatic heterocycles. The van der Waals surface area contributed by atoms with Crippen molar-refractivity contribution in [2.45, 2.75) is 51.1 Å². The van der Waals surface area contributed by atoms with Gasteiger partial charge in [0.25, 0.3) is 5.91 Å². The number of nitrogens with one attached hydrogen (secondary N) is 1. The summed E-state index contributed by atoms with van der Waals surface area (Å²) in [6, 6.07) is 2.34. The van der Waals surface area contributed by atoms with Gasteiger partial charge in [0.1, 0.15) is 29.4 Å². The van der Waals surface area contributed by atoms with Crippen LogP contribution in [0.15, 0.2) is 23.5 Å². The standard InChI is InChI=1S/C22H26FN5O4/c1-11-6-13(23)7-12(20(11)32-3)9-28(2)22(31)18-17-15(8-24-18)25-10-26-21(17)27-14-4-5-16(29)19(14)30/h6-7,10,14,16,19,29-30H,4-5,8-9H2,1-3H3,(H,25,26,27)/t14-,16-,19+/m1/s1. The van der Waals surface area contributed by atoms with Crippen molar-refractivity contribution in [2.75, 3.05) is 19.5 Å². The molecule has 1 amide bonds. The first-order chi connectivity index (χ1) is 15.3. The third kappa shape index (κ3) is 4.03. The van der Waals surface area contributed by atoms with Gasteiger partial charge < -0.3 is 25.2 Å². The number of anilines is 1. The van der Waals surface area contributed by atoms with Gasteiger partial charge in [-0.15, -0.1) is 0 Å². The van der Waals surface area contributed by atoms with Crippen LogP contribution in [0.1, 0.15) is 35.2 Å². The molecular weight excluding hydrogens is 417 g/mol. The maximum absolute atomic E-state index is 14.0. The van der Waals surface area contributed by atoms with Crippen LogP contribution >= 0.6 is 0 Å². The Morgan fingerprint density at radius 1 is 1.31 bits per heavy atom. The third-order valence-corrected chi connectivity index (χ3v) is 5.93. The van der Waals surface area contributed by atoms with E-state index in [1.807, 2.05) is 0 Å². The maximum atomic E-state index is 14.0. The Morgan fingerprint density at radius 2 is 2.09 bits per heavy atom. The average Bonchev–Trinajstić information content (AvgIpc) is 3.32. The van der Waals surface area contributed by atoms with E-state index in [4.69, 9.17) is 4.74 Å². The van der Waals surface area contributed by atoms with Crippen molar-refractivity contribution in [3.8, 4) is 5.75 Å². The van der Waals surface area contributed by atoms with Crippen LogP contribution < -0.4 is 10.1 Å². The Kier molecular flexibility index (Phi) is 6.07. The number of hydrogen-bond donors (Lipinski definition) is 3. The highest BCUT2D eigenvalue weighted by atomic mass is 19.1. The number of benzene rings is 1. The second-order valence-electron chi connectivity index (χ2n) is 8.17. The van der Waals surface area contributed by atoms with Crippen LogP contribution in [0.2, 0.25) is 0 Å². The lowest BCUT2D eigenvalue weighted by atomic mass is 10.1. The Morgan fingerprint density at radius 3 is 2.78 bits per heavy atom. The fourth-order valence-corrected chi connectivity index (χ4v) is 4.32. The number of fused-ring (bicyclic) bond motifs is 1. The number of aliphatic imine (C=N–C) groups is 1. The predicted octanol–water partition coefficient (Wildman–Crippen LogP) is 1.19. The number of hydrogen-bond acceptors (Lipinski definition) is 8. The highest BCUT2D eigenvalue weighted by molar-refractivity contribution is 6.47. The number of likely N-dealkylation sites (N-methyl/N-ethyl adjacent to an activating group) is 1. The first kappa shape index (κ1) is 22.1. The van der Waals surface area contributed by atoms with Crippen LogP contribution in [0.25, 0.3) is 0 Å². The van der Waals surface area contributed by atoms with Crippen LogP contribution in [0.5, 0.6) is 5.75 Å². The van der Waals surface area contributed by atoms with Gasteiger partial charge in [0.2, 0.25) is 0 Å². The number of aliphatic hydroxyl groups excluding tert-OH is 2. The second-order valence-corrected chi connectivity index (χ2v) is 8.17. The molecule has 2 heterocycles. The zero-order valence-corrected chi connectivity index (χ0v) is 18.2. The molecule has 3 atom stereocenters. The number of amides is 1. The molecule has 0 bridgehead atoms. The summed E-state index contributed by atoms with van der Waals surface area (Å²) in [4.78, 5) is 27.6. The van der Waals surface area contributed by atoms with Crippen LogP contribution in [0, 0.1) is 12.7 Å². The molecule has 32 heavy (non-hydrogen) atoms. The molecule has 1 fully saturated rings. The lowest BCUT2D eigenvalue weighted by Gasteiger charge is -2.22. The quantitative estimate of drug-likeness (QED) is 0.613. The number of ether oxygens (including phenoxy) is 1. The van der Waals surface area contributed by atoms with Gasteiger partial charge in [0, 0.05) is 19.2 Å². The normalized spacial score (nSPS) is 21.8. The summed E-state index contributed by atoms with van der Waals surface area (Å²) < 4.78 is 19.4. The fraction of sp³-hybridized carbons (Fsp3) is 0.455. The molecule has 1 aromatic carbocycles. The maximum Gasteiger partial charge on any atom is 0.272 e. The highest BCUT2D eigenvalue weighted by Gasteiger charge is 2.36.